The number of sulfonamides is 1. The summed E-state index contributed by atoms with van der Waals surface area (Å²) in [6.07, 6.45) is 0.194. The minimum Gasteiger partial charge on any atom is -0.350 e. The molecule has 0 saturated carbocycles. The van der Waals surface area contributed by atoms with Gasteiger partial charge in [-0.25, -0.2) is 8.42 Å². The number of hydrogen-bond donors (Lipinski definition) is 1. The van der Waals surface area contributed by atoms with E-state index in [1.54, 1.807) is 55.5 Å². The van der Waals surface area contributed by atoms with Crippen molar-refractivity contribution in [1.29, 1.82) is 0 Å². The van der Waals surface area contributed by atoms with Crippen LogP contribution in [0.15, 0.2) is 102 Å². The van der Waals surface area contributed by atoms with Gasteiger partial charge in [-0.15, -0.1) is 0 Å². The van der Waals surface area contributed by atoms with Crippen LogP contribution in [0.1, 0.15) is 43.0 Å². The van der Waals surface area contributed by atoms with Crippen LogP contribution in [0.25, 0.3) is 0 Å². The largest absolute Gasteiger partial charge is 0.350 e. The third-order valence-electron chi connectivity index (χ3n) is 7.40. The summed E-state index contributed by atoms with van der Waals surface area (Å²) in [5.74, 6) is -0.955. The molecular weight excluding hydrogens is 641 g/mol. The SMILES string of the molecule is Cc1ccc(S(=O)(=O)N(CC(=O)N(Cc2ccccc2Cl)C(Cc2ccccc2)C(=O)NC(C)(C)C)c2cc(Cl)ccc2C)cc1. The zero-order valence-corrected chi connectivity index (χ0v) is 29.0. The fourth-order valence-electron chi connectivity index (χ4n) is 5.02. The fourth-order valence-corrected chi connectivity index (χ4v) is 6.85. The fraction of sp³-hybridized carbons (Fsp3) is 0.278. The molecule has 0 radical (unpaired) electrons. The van der Waals surface area contributed by atoms with E-state index < -0.39 is 34.1 Å². The van der Waals surface area contributed by atoms with Gasteiger partial charge in [-0.3, -0.25) is 13.9 Å². The zero-order chi connectivity index (χ0) is 33.6. The Labute approximate surface area is 282 Å². The number of carbonyl (C=O) groups is 2. The lowest BCUT2D eigenvalue weighted by Crippen LogP contribution is -2.56. The van der Waals surface area contributed by atoms with E-state index >= 15 is 0 Å². The molecule has 0 aliphatic rings. The monoisotopic (exact) mass is 679 g/mol. The number of benzene rings is 4. The van der Waals surface area contributed by atoms with Crippen LogP contribution in [-0.4, -0.2) is 43.3 Å². The summed E-state index contributed by atoms with van der Waals surface area (Å²) in [6.45, 7) is 8.59. The van der Waals surface area contributed by atoms with Crippen LogP contribution in [0, 0.1) is 13.8 Å². The standard InChI is InChI=1S/C36H39Cl2N3O4S/c1-25-15-19-30(20-16-25)46(44,45)41(32-22-29(37)18-17-26(32)2)24-34(42)40(23-28-13-9-10-14-31(28)38)33(35(43)39-36(3,4)5)21-27-11-7-6-8-12-27/h6-20,22,33H,21,23-24H2,1-5H3,(H,39,43). The van der Waals surface area contributed by atoms with Gasteiger partial charge < -0.3 is 10.2 Å². The molecule has 1 atom stereocenters. The molecule has 0 aliphatic heterocycles. The van der Waals surface area contributed by atoms with Gasteiger partial charge in [0, 0.05) is 28.5 Å². The van der Waals surface area contributed by atoms with Crippen molar-refractivity contribution >= 4 is 50.7 Å². The first kappa shape index (κ1) is 35.0. The van der Waals surface area contributed by atoms with E-state index in [2.05, 4.69) is 5.32 Å². The number of aryl methyl sites for hydroxylation is 2. The summed E-state index contributed by atoms with van der Waals surface area (Å²) in [4.78, 5) is 30.1. The van der Waals surface area contributed by atoms with E-state index in [-0.39, 0.29) is 29.5 Å². The Bertz CT molecular complexity index is 1790. The van der Waals surface area contributed by atoms with Crippen LogP contribution in [0.4, 0.5) is 5.69 Å². The molecule has 0 bridgehead atoms. The van der Waals surface area contributed by atoms with E-state index in [1.807, 2.05) is 58.0 Å². The first-order chi connectivity index (χ1) is 21.7. The first-order valence-electron chi connectivity index (χ1n) is 14.9. The van der Waals surface area contributed by atoms with Crippen molar-refractivity contribution in [3.63, 3.8) is 0 Å². The molecule has 10 heteroatoms. The highest BCUT2D eigenvalue weighted by molar-refractivity contribution is 7.92. The number of anilines is 1. The van der Waals surface area contributed by atoms with E-state index in [1.165, 1.54) is 23.1 Å². The van der Waals surface area contributed by atoms with Gasteiger partial charge in [0.25, 0.3) is 10.0 Å². The van der Waals surface area contributed by atoms with Gasteiger partial charge in [0.05, 0.1) is 10.6 Å². The molecule has 0 fully saturated rings. The van der Waals surface area contributed by atoms with Crippen LogP contribution in [0.5, 0.6) is 0 Å². The average molecular weight is 681 g/mol. The molecule has 1 N–H and O–H groups in total. The van der Waals surface area contributed by atoms with E-state index in [0.717, 1.165) is 15.4 Å². The summed E-state index contributed by atoms with van der Waals surface area (Å²) < 4.78 is 29.6. The second-order valence-corrected chi connectivity index (χ2v) is 15.0. The molecule has 4 aromatic carbocycles. The summed E-state index contributed by atoms with van der Waals surface area (Å²) in [6, 6.07) is 26.8. The number of hydrogen-bond acceptors (Lipinski definition) is 4. The maximum Gasteiger partial charge on any atom is 0.264 e. The minimum absolute atomic E-state index is 0.0224. The first-order valence-corrected chi connectivity index (χ1v) is 17.1. The van der Waals surface area contributed by atoms with Gasteiger partial charge in [0.2, 0.25) is 11.8 Å². The molecule has 7 nitrogen and oxygen atoms in total. The van der Waals surface area contributed by atoms with Crippen LogP contribution < -0.4 is 9.62 Å². The number of carbonyl (C=O) groups excluding carboxylic acids is 2. The third-order valence-corrected chi connectivity index (χ3v) is 9.77. The zero-order valence-electron chi connectivity index (χ0n) is 26.6. The molecule has 0 saturated heterocycles. The predicted molar refractivity (Wildman–Crippen MR) is 186 cm³/mol. The van der Waals surface area contributed by atoms with Crippen LogP contribution in [0.2, 0.25) is 10.0 Å². The van der Waals surface area contributed by atoms with Gasteiger partial charge >= 0.3 is 0 Å². The molecule has 4 rings (SSSR count). The number of nitrogens with zero attached hydrogens (tertiary/aromatic N) is 2. The van der Waals surface area contributed by atoms with Gasteiger partial charge in [-0.05, 0) is 81.6 Å². The van der Waals surface area contributed by atoms with Crippen molar-refractivity contribution in [3.05, 3.63) is 129 Å². The van der Waals surface area contributed by atoms with Crippen LogP contribution in [-0.2, 0) is 32.6 Å². The van der Waals surface area contributed by atoms with Crippen molar-refractivity contribution in [1.82, 2.24) is 10.2 Å². The number of amides is 2. The maximum absolute atomic E-state index is 14.6. The van der Waals surface area contributed by atoms with Gasteiger partial charge in [-0.1, -0.05) is 95.5 Å². The topological polar surface area (TPSA) is 86.8 Å². The molecule has 0 spiro atoms. The molecule has 2 amide bonds. The highest BCUT2D eigenvalue weighted by Gasteiger charge is 2.36. The molecule has 0 aliphatic carbocycles. The highest BCUT2D eigenvalue weighted by atomic mass is 35.5. The summed E-state index contributed by atoms with van der Waals surface area (Å²) in [5, 5.41) is 3.76. The number of nitrogens with one attached hydrogen (secondary N) is 1. The van der Waals surface area contributed by atoms with E-state index in [0.29, 0.717) is 21.2 Å². The smallest absolute Gasteiger partial charge is 0.264 e. The quantitative estimate of drug-likeness (QED) is 0.179. The molecule has 0 aromatic heterocycles. The van der Waals surface area contributed by atoms with E-state index in [9.17, 15) is 18.0 Å². The van der Waals surface area contributed by atoms with E-state index in [4.69, 9.17) is 23.2 Å². The molecule has 242 valence electrons. The Hall–Kier alpha value is -3.85. The molecule has 4 aromatic rings. The van der Waals surface area contributed by atoms with Crippen molar-refractivity contribution in [2.75, 3.05) is 10.8 Å². The summed E-state index contributed by atoms with van der Waals surface area (Å²) in [7, 11) is -4.25. The normalized spacial score (nSPS) is 12.3. The Morgan fingerprint density at radius 3 is 2.11 bits per heavy atom. The Kier molecular flexibility index (Phi) is 11.2. The molecule has 0 heterocycles. The van der Waals surface area contributed by atoms with Gasteiger partial charge in [-0.2, -0.15) is 0 Å². The van der Waals surface area contributed by atoms with Crippen molar-refractivity contribution in [2.45, 2.75) is 64.1 Å². The van der Waals surface area contributed by atoms with Crippen molar-refractivity contribution in [3.8, 4) is 0 Å². The molecular formula is C36H39Cl2N3O4S. The Balaban J connectivity index is 1.86. The lowest BCUT2D eigenvalue weighted by Gasteiger charge is -2.35. The van der Waals surface area contributed by atoms with Crippen LogP contribution in [0.3, 0.4) is 0 Å². The predicted octanol–water partition coefficient (Wildman–Crippen LogP) is 7.36. The van der Waals surface area contributed by atoms with Crippen molar-refractivity contribution < 1.29 is 18.0 Å². The molecule has 1 unspecified atom stereocenters. The van der Waals surface area contributed by atoms with Gasteiger partial charge in [0.1, 0.15) is 12.6 Å². The van der Waals surface area contributed by atoms with Gasteiger partial charge in [0.15, 0.2) is 0 Å². The maximum atomic E-state index is 14.6. The highest BCUT2D eigenvalue weighted by Crippen LogP contribution is 2.31. The lowest BCUT2D eigenvalue weighted by atomic mass is 10.0. The van der Waals surface area contributed by atoms with Crippen molar-refractivity contribution in [2.24, 2.45) is 0 Å². The Morgan fingerprint density at radius 2 is 1.48 bits per heavy atom. The Morgan fingerprint density at radius 1 is 0.848 bits per heavy atom. The number of halogens is 2. The second-order valence-electron chi connectivity index (χ2n) is 12.3. The molecule has 46 heavy (non-hydrogen) atoms. The lowest BCUT2D eigenvalue weighted by molar-refractivity contribution is -0.140. The average Bonchev–Trinajstić information content (AvgIpc) is 2.99. The minimum atomic E-state index is -4.25. The number of rotatable bonds is 11. The van der Waals surface area contributed by atoms with Crippen LogP contribution >= 0.6 is 23.2 Å². The summed E-state index contributed by atoms with van der Waals surface area (Å²) in [5.41, 5.74) is 2.62. The summed E-state index contributed by atoms with van der Waals surface area (Å²) >= 11 is 12.9. The third kappa shape index (κ3) is 8.90. The second kappa shape index (κ2) is 14.7.